The van der Waals surface area contributed by atoms with Crippen molar-refractivity contribution in [2.24, 2.45) is 0 Å². The van der Waals surface area contributed by atoms with Crippen molar-refractivity contribution in [3.63, 3.8) is 0 Å². The Morgan fingerprint density at radius 2 is 1.94 bits per heavy atom. The molecule has 1 aliphatic rings. The van der Waals surface area contributed by atoms with Gasteiger partial charge in [-0.25, -0.2) is 9.97 Å². The van der Waals surface area contributed by atoms with Gasteiger partial charge in [-0.2, -0.15) is 0 Å². The minimum absolute atomic E-state index is 0.112. The third-order valence-electron chi connectivity index (χ3n) is 5.97. The number of benzene rings is 1. The van der Waals surface area contributed by atoms with E-state index in [9.17, 15) is 4.79 Å². The maximum absolute atomic E-state index is 13.3. The zero-order valence-electron chi connectivity index (χ0n) is 18.8. The Balaban J connectivity index is 1.70. The van der Waals surface area contributed by atoms with Crippen molar-refractivity contribution in [2.75, 3.05) is 25.5 Å². The lowest BCUT2D eigenvalue weighted by molar-refractivity contribution is -0.131. The summed E-state index contributed by atoms with van der Waals surface area (Å²) in [5.74, 6) is 1.41. The lowest BCUT2D eigenvalue weighted by Crippen LogP contribution is -2.32. The molecule has 3 heterocycles. The normalized spacial score (nSPS) is 16.0. The Hall–Kier alpha value is -3.22. The molecule has 7 nitrogen and oxygen atoms in total. The number of hydrogen-bond donors (Lipinski definition) is 0. The van der Waals surface area contributed by atoms with Crippen LogP contribution >= 0.6 is 0 Å². The lowest BCUT2D eigenvalue weighted by atomic mass is 10.0. The molecule has 4 rings (SSSR count). The van der Waals surface area contributed by atoms with Gasteiger partial charge in [-0.15, -0.1) is 0 Å². The number of aryl methyl sites for hydroxylation is 2. The molecule has 1 amide bonds. The van der Waals surface area contributed by atoms with E-state index in [1.54, 1.807) is 6.20 Å². The second-order valence-corrected chi connectivity index (χ2v) is 8.49. The monoisotopic (exact) mass is 419 g/mol. The Morgan fingerprint density at radius 3 is 2.58 bits per heavy atom. The van der Waals surface area contributed by atoms with Crippen LogP contribution in [0.3, 0.4) is 0 Å². The molecule has 1 aliphatic heterocycles. The lowest BCUT2D eigenvalue weighted by Gasteiger charge is -2.26. The fraction of sp³-hybridized carbons (Fsp3) is 0.417. The SMILES string of the molecule is Cc1ccc(CC(=O)N2CCC[C@@H]2c2nc(N(C)C)ncc2-c2onc(C)c2C)cc1. The van der Waals surface area contributed by atoms with E-state index in [2.05, 4.69) is 10.1 Å². The molecule has 7 heteroatoms. The first-order valence-electron chi connectivity index (χ1n) is 10.7. The summed E-state index contributed by atoms with van der Waals surface area (Å²) in [7, 11) is 3.83. The molecule has 0 radical (unpaired) electrons. The second kappa shape index (κ2) is 8.49. The van der Waals surface area contributed by atoms with E-state index >= 15 is 0 Å². The van der Waals surface area contributed by atoms with E-state index in [0.717, 1.165) is 47.5 Å². The fourth-order valence-electron chi connectivity index (χ4n) is 4.03. The molecular weight excluding hydrogens is 390 g/mol. The summed E-state index contributed by atoms with van der Waals surface area (Å²) in [6.45, 7) is 6.68. The van der Waals surface area contributed by atoms with Gasteiger partial charge in [0.1, 0.15) is 0 Å². The van der Waals surface area contributed by atoms with Crippen molar-refractivity contribution < 1.29 is 9.32 Å². The highest BCUT2D eigenvalue weighted by atomic mass is 16.5. The number of likely N-dealkylation sites (tertiary alicyclic amines) is 1. The maximum Gasteiger partial charge on any atom is 0.227 e. The summed E-state index contributed by atoms with van der Waals surface area (Å²) < 4.78 is 5.64. The molecule has 0 N–H and O–H groups in total. The fourth-order valence-corrected chi connectivity index (χ4v) is 4.03. The molecule has 0 saturated carbocycles. The maximum atomic E-state index is 13.3. The van der Waals surface area contributed by atoms with Gasteiger partial charge in [0.2, 0.25) is 11.9 Å². The van der Waals surface area contributed by atoms with Crippen molar-refractivity contribution >= 4 is 11.9 Å². The highest BCUT2D eigenvalue weighted by Gasteiger charge is 2.34. The van der Waals surface area contributed by atoms with Crippen LogP contribution < -0.4 is 4.90 Å². The predicted octanol–water partition coefficient (Wildman–Crippen LogP) is 4.03. The zero-order chi connectivity index (χ0) is 22.1. The highest BCUT2D eigenvalue weighted by Crippen LogP contribution is 2.38. The minimum Gasteiger partial charge on any atom is -0.356 e. The predicted molar refractivity (Wildman–Crippen MR) is 120 cm³/mol. The van der Waals surface area contributed by atoms with E-state index in [1.165, 1.54) is 5.56 Å². The van der Waals surface area contributed by atoms with Crippen LogP contribution in [0.5, 0.6) is 0 Å². The highest BCUT2D eigenvalue weighted by molar-refractivity contribution is 5.80. The molecule has 0 bridgehead atoms. The molecule has 1 fully saturated rings. The van der Waals surface area contributed by atoms with Crippen LogP contribution in [0.1, 0.15) is 47.0 Å². The van der Waals surface area contributed by atoms with Crippen LogP contribution in [0, 0.1) is 20.8 Å². The van der Waals surface area contributed by atoms with E-state index < -0.39 is 0 Å². The molecular formula is C24H29N5O2. The summed E-state index contributed by atoms with van der Waals surface area (Å²) in [5.41, 5.74) is 5.67. The Kier molecular flexibility index (Phi) is 5.76. The van der Waals surface area contributed by atoms with Crippen LogP contribution in [-0.4, -0.2) is 46.6 Å². The van der Waals surface area contributed by atoms with E-state index in [4.69, 9.17) is 9.51 Å². The molecule has 1 saturated heterocycles. The van der Waals surface area contributed by atoms with Gasteiger partial charge in [-0.05, 0) is 39.2 Å². The summed E-state index contributed by atoms with van der Waals surface area (Å²) in [5, 5.41) is 4.11. The van der Waals surface area contributed by atoms with Gasteiger partial charge in [0.05, 0.1) is 29.4 Å². The molecule has 1 atom stereocenters. The van der Waals surface area contributed by atoms with Crippen molar-refractivity contribution in [2.45, 2.75) is 46.1 Å². The Labute approximate surface area is 183 Å². The van der Waals surface area contributed by atoms with Crippen molar-refractivity contribution in [3.05, 3.63) is 58.5 Å². The molecule has 31 heavy (non-hydrogen) atoms. The van der Waals surface area contributed by atoms with E-state index in [-0.39, 0.29) is 11.9 Å². The van der Waals surface area contributed by atoms with Crippen LogP contribution in [0.4, 0.5) is 5.95 Å². The van der Waals surface area contributed by atoms with Crippen molar-refractivity contribution in [1.82, 2.24) is 20.0 Å². The number of nitrogens with zero attached hydrogens (tertiary/aromatic N) is 5. The standard InChI is InChI=1S/C24H29N5O2/c1-15-8-10-18(11-9-15)13-21(30)29-12-6-7-20(29)22-19(14-25-24(26-22)28(4)5)23-16(2)17(3)27-31-23/h8-11,14,20H,6-7,12-13H2,1-5H3/t20-/m1/s1. The molecule has 162 valence electrons. The zero-order valence-corrected chi connectivity index (χ0v) is 18.8. The number of carbonyl (C=O) groups is 1. The van der Waals surface area contributed by atoms with Gasteiger partial charge >= 0.3 is 0 Å². The van der Waals surface area contributed by atoms with Crippen LogP contribution in [0.25, 0.3) is 11.3 Å². The summed E-state index contributed by atoms with van der Waals surface area (Å²) in [6.07, 6.45) is 3.99. The number of aromatic nitrogens is 3. The van der Waals surface area contributed by atoms with Gasteiger partial charge in [-0.1, -0.05) is 35.0 Å². The molecule has 3 aromatic rings. The van der Waals surface area contributed by atoms with Crippen molar-refractivity contribution in [3.8, 4) is 11.3 Å². The van der Waals surface area contributed by atoms with Gasteiger partial charge in [0.15, 0.2) is 5.76 Å². The number of rotatable bonds is 5. The third kappa shape index (κ3) is 4.17. The minimum atomic E-state index is -0.112. The van der Waals surface area contributed by atoms with Gasteiger partial charge in [0.25, 0.3) is 0 Å². The number of hydrogen-bond acceptors (Lipinski definition) is 6. The van der Waals surface area contributed by atoms with E-state index in [1.807, 2.05) is 68.9 Å². The van der Waals surface area contributed by atoms with Crippen LogP contribution in [0.15, 0.2) is 35.0 Å². The summed E-state index contributed by atoms with van der Waals surface area (Å²) in [4.78, 5) is 26.5. The third-order valence-corrected chi connectivity index (χ3v) is 5.97. The topological polar surface area (TPSA) is 75.4 Å². The van der Waals surface area contributed by atoms with Gasteiger partial charge < -0.3 is 14.3 Å². The largest absolute Gasteiger partial charge is 0.356 e. The van der Waals surface area contributed by atoms with Crippen molar-refractivity contribution in [1.29, 1.82) is 0 Å². The smallest absolute Gasteiger partial charge is 0.227 e. The molecule has 2 aromatic heterocycles. The molecule has 0 unspecified atom stereocenters. The first-order valence-corrected chi connectivity index (χ1v) is 10.7. The first-order chi connectivity index (χ1) is 14.8. The van der Waals surface area contributed by atoms with Crippen LogP contribution in [-0.2, 0) is 11.2 Å². The summed E-state index contributed by atoms with van der Waals surface area (Å²) >= 11 is 0. The molecule has 0 spiro atoms. The summed E-state index contributed by atoms with van der Waals surface area (Å²) in [6, 6.07) is 8.04. The second-order valence-electron chi connectivity index (χ2n) is 8.49. The number of amides is 1. The van der Waals surface area contributed by atoms with Crippen LogP contribution in [0.2, 0.25) is 0 Å². The van der Waals surface area contributed by atoms with Gasteiger partial charge in [-0.3, -0.25) is 4.79 Å². The quantitative estimate of drug-likeness (QED) is 0.622. The average molecular weight is 420 g/mol. The Bertz CT molecular complexity index is 1090. The van der Waals surface area contributed by atoms with E-state index in [0.29, 0.717) is 18.1 Å². The molecule has 1 aromatic carbocycles. The molecule has 0 aliphatic carbocycles. The first kappa shape index (κ1) is 21.0. The Morgan fingerprint density at radius 1 is 1.19 bits per heavy atom. The average Bonchev–Trinajstić information content (AvgIpc) is 3.37. The number of anilines is 1. The number of carbonyl (C=O) groups excluding carboxylic acids is 1. The van der Waals surface area contributed by atoms with Gasteiger partial charge in [0, 0.05) is 32.4 Å².